The largest absolute Gasteiger partial charge is 0.441 e. The summed E-state index contributed by atoms with van der Waals surface area (Å²) in [7, 11) is 2.06. The van der Waals surface area contributed by atoms with Gasteiger partial charge in [0.25, 0.3) is 0 Å². The highest BCUT2D eigenvalue weighted by Crippen LogP contribution is 2.42. The first-order valence-corrected chi connectivity index (χ1v) is 11.3. The van der Waals surface area contributed by atoms with E-state index in [1.807, 2.05) is 17.2 Å². The molecule has 3 fully saturated rings. The van der Waals surface area contributed by atoms with Crippen LogP contribution in [0.5, 0.6) is 0 Å². The molecule has 160 valence electrons. The number of hydrogen-bond donors (Lipinski definition) is 0. The van der Waals surface area contributed by atoms with E-state index in [1.165, 1.54) is 29.7 Å². The zero-order valence-corrected chi connectivity index (χ0v) is 18.1. The normalized spacial score (nSPS) is 22.5. The number of hydrogen-bond acceptors (Lipinski definition) is 4. The van der Waals surface area contributed by atoms with Crippen LogP contribution in [-0.4, -0.2) is 57.5 Å². The summed E-state index contributed by atoms with van der Waals surface area (Å²) >= 11 is 0. The molecule has 5 rings (SSSR count). The van der Waals surface area contributed by atoms with Gasteiger partial charge in [0.1, 0.15) is 5.60 Å². The predicted molar refractivity (Wildman–Crippen MR) is 115 cm³/mol. The maximum atomic E-state index is 12.6. The monoisotopic (exact) mass is 408 g/mol. The lowest BCUT2D eigenvalue weighted by Gasteiger charge is -2.37. The minimum absolute atomic E-state index is 0.144. The minimum Gasteiger partial charge on any atom is -0.441 e. The summed E-state index contributed by atoms with van der Waals surface area (Å²) in [6.07, 6.45) is 6.31. The fourth-order valence-corrected chi connectivity index (χ4v) is 5.17. The lowest BCUT2D eigenvalue weighted by atomic mass is 9.90. The third-order valence-electron chi connectivity index (χ3n) is 7.09. The second kappa shape index (κ2) is 7.73. The highest BCUT2D eigenvalue weighted by molar-refractivity contribution is 5.71. The number of aryl methyl sites for hydroxylation is 1. The van der Waals surface area contributed by atoms with Crippen LogP contribution in [0.15, 0.2) is 36.5 Å². The van der Waals surface area contributed by atoms with Crippen molar-refractivity contribution in [2.75, 3.05) is 26.2 Å². The molecule has 3 heterocycles. The zero-order valence-electron chi connectivity index (χ0n) is 18.1. The number of rotatable bonds is 6. The smallest absolute Gasteiger partial charge is 0.410 e. The number of carbonyl (C=O) groups is 1. The second-order valence-electron chi connectivity index (χ2n) is 9.47. The van der Waals surface area contributed by atoms with Gasteiger partial charge in [0.05, 0.1) is 12.7 Å². The lowest BCUT2D eigenvalue weighted by molar-refractivity contribution is -0.00130. The predicted octanol–water partition coefficient (Wildman–Crippen LogP) is 3.89. The summed E-state index contributed by atoms with van der Waals surface area (Å²) in [4.78, 5) is 17.0. The molecule has 1 aliphatic carbocycles. The molecule has 1 atom stereocenters. The summed E-state index contributed by atoms with van der Waals surface area (Å²) in [5.74, 6) is 1.01. The molecule has 2 aliphatic heterocycles. The molecule has 1 aromatic carbocycles. The molecule has 1 amide bonds. The molecule has 30 heavy (non-hydrogen) atoms. The van der Waals surface area contributed by atoms with Crippen LogP contribution in [0.25, 0.3) is 0 Å². The van der Waals surface area contributed by atoms with Gasteiger partial charge in [0.2, 0.25) is 0 Å². The Bertz CT molecular complexity index is 897. The number of piperidine rings is 1. The Morgan fingerprint density at radius 2 is 1.93 bits per heavy atom. The molecule has 6 heteroatoms. The van der Waals surface area contributed by atoms with Crippen molar-refractivity contribution in [2.45, 2.75) is 56.6 Å². The van der Waals surface area contributed by atoms with Crippen LogP contribution in [0.4, 0.5) is 4.79 Å². The Morgan fingerprint density at radius 1 is 1.20 bits per heavy atom. The van der Waals surface area contributed by atoms with Gasteiger partial charge in [-0.3, -0.25) is 9.58 Å². The number of likely N-dealkylation sites (tertiary alicyclic amines) is 1. The van der Waals surface area contributed by atoms with Crippen LogP contribution in [0, 0.1) is 0 Å². The van der Waals surface area contributed by atoms with Crippen molar-refractivity contribution in [1.29, 1.82) is 0 Å². The van der Waals surface area contributed by atoms with Gasteiger partial charge < -0.3 is 9.64 Å². The molecule has 6 nitrogen and oxygen atoms in total. The fourth-order valence-electron chi connectivity index (χ4n) is 5.17. The highest BCUT2D eigenvalue weighted by Gasteiger charge is 2.47. The van der Waals surface area contributed by atoms with Crippen molar-refractivity contribution >= 4 is 6.09 Å². The van der Waals surface area contributed by atoms with Crippen LogP contribution in [0.1, 0.15) is 61.3 Å². The van der Waals surface area contributed by atoms with Crippen LogP contribution >= 0.6 is 0 Å². The summed E-state index contributed by atoms with van der Waals surface area (Å²) in [6.45, 7) is 6.51. The van der Waals surface area contributed by atoms with E-state index in [0.29, 0.717) is 11.8 Å². The first kappa shape index (κ1) is 19.6. The van der Waals surface area contributed by atoms with E-state index in [-0.39, 0.29) is 11.7 Å². The van der Waals surface area contributed by atoms with E-state index >= 15 is 0 Å². The number of ether oxygens (including phenoxy) is 1. The molecule has 0 bridgehead atoms. The van der Waals surface area contributed by atoms with E-state index in [4.69, 9.17) is 4.74 Å². The highest BCUT2D eigenvalue weighted by atomic mass is 16.6. The third-order valence-corrected chi connectivity index (χ3v) is 7.09. The standard InChI is InChI=1S/C24H32N4O2/c1-18(19-6-4-3-5-7-19)15-28-17-24(30-23(28)29)10-12-27(13-11-24)16-21-14-25-26(2)22(21)20-8-9-20/h3-7,14,18,20H,8-13,15-17H2,1-2H3/t18-/m0/s1. The Hall–Kier alpha value is -2.34. The zero-order chi connectivity index (χ0) is 20.7. The molecule has 1 spiro atoms. The van der Waals surface area contributed by atoms with E-state index in [1.54, 1.807) is 0 Å². The van der Waals surface area contributed by atoms with Gasteiger partial charge in [-0.1, -0.05) is 37.3 Å². The van der Waals surface area contributed by atoms with E-state index in [2.05, 4.69) is 52.9 Å². The molecule has 2 saturated heterocycles. The Labute approximate surface area is 178 Å². The van der Waals surface area contributed by atoms with E-state index in [0.717, 1.165) is 45.6 Å². The number of carbonyl (C=O) groups excluding carboxylic acids is 1. The average Bonchev–Trinajstić information content (AvgIpc) is 3.45. The lowest BCUT2D eigenvalue weighted by Crippen LogP contribution is -2.46. The minimum atomic E-state index is -0.307. The van der Waals surface area contributed by atoms with E-state index in [9.17, 15) is 4.79 Å². The van der Waals surface area contributed by atoms with Crippen molar-refractivity contribution < 1.29 is 9.53 Å². The van der Waals surface area contributed by atoms with Crippen LogP contribution in [0.3, 0.4) is 0 Å². The topological polar surface area (TPSA) is 50.6 Å². The van der Waals surface area contributed by atoms with Gasteiger partial charge in [-0.25, -0.2) is 4.79 Å². The van der Waals surface area contributed by atoms with Gasteiger partial charge in [0.15, 0.2) is 0 Å². The van der Waals surface area contributed by atoms with Crippen LogP contribution in [0.2, 0.25) is 0 Å². The third kappa shape index (κ3) is 3.85. The SMILES string of the molecule is C[C@@H](CN1CC2(CCN(Cc3cnn(C)c3C3CC3)CC2)OC1=O)c1ccccc1. The Kier molecular flexibility index (Phi) is 5.05. The van der Waals surface area contributed by atoms with Crippen molar-refractivity contribution in [1.82, 2.24) is 19.6 Å². The number of benzene rings is 1. The maximum Gasteiger partial charge on any atom is 0.410 e. The molecule has 1 aromatic heterocycles. The molecule has 0 unspecified atom stereocenters. The Balaban J connectivity index is 1.17. The molecule has 0 radical (unpaired) electrons. The van der Waals surface area contributed by atoms with Gasteiger partial charge >= 0.3 is 6.09 Å². The second-order valence-corrected chi connectivity index (χ2v) is 9.47. The molecule has 3 aliphatic rings. The van der Waals surface area contributed by atoms with Crippen molar-refractivity contribution in [3.05, 3.63) is 53.3 Å². The molecule has 0 N–H and O–H groups in total. The van der Waals surface area contributed by atoms with Gasteiger partial charge in [-0.15, -0.1) is 0 Å². The fraction of sp³-hybridized carbons (Fsp3) is 0.583. The Morgan fingerprint density at radius 3 is 2.63 bits per heavy atom. The number of aromatic nitrogens is 2. The maximum absolute atomic E-state index is 12.6. The molecular formula is C24H32N4O2. The first-order chi connectivity index (χ1) is 14.5. The van der Waals surface area contributed by atoms with Crippen molar-refractivity contribution in [3.63, 3.8) is 0 Å². The van der Waals surface area contributed by atoms with E-state index < -0.39 is 0 Å². The molecule has 2 aromatic rings. The summed E-state index contributed by atoms with van der Waals surface area (Å²) < 4.78 is 8.02. The van der Waals surface area contributed by atoms with Crippen molar-refractivity contribution in [3.8, 4) is 0 Å². The average molecular weight is 409 g/mol. The summed E-state index contributed by atoms with van der Waals surface area (Å²) in [5, 5.41) is 4.50. The van der Waals surface area contributed by atoms with Gasteiger partial charge in [-0.2, -0.15) is 5.10 Å². The van der Waals surface area contributed by atoms with Gasteiger partial charge in [-0.05, 0) is 24.3 Å². The summed E-state index contributed by atoms with van der Waals surface area (Å²) in [6, 6.07) is 10.4. The first-order valence-electron chi connectivity index (χ1n) is 11.3. The van der Waals surface area contributed by atoms with Crippen LogP contribution < -0.4 is 0 Å². The molecular weight excluding hydrogens is 376 g/mol. The number of amides is 1. The van der Waals surface area contributed by atoms with Crippen LogP contribution in [-0.2, 0) is 18.3 Å². The quantitative estimate of drug-likeness (QED) is 0.728. The summed E-state index contributed by atoms with van der Waals surface area (Å²) in [5.41, 5.74) is 3.75. The molecule has 1 saturated carbocycles. The number of nitrogens with zero attached hydrogens (tertiary/aromatic N) is 4. The van der Waals surface area contributed by atoms with Crippen molar-refractivity contribution in [2.24, 2.45) is 7.05 Å². The van der Waals surface area contributed by atoms with Gasteiger partial charge in [0, 0.05) is 63.2 Å².